The van der Waals surface area contributed by atoms with Gasteiger partial charge in [-0.3, -0.25) is 0 Å². The smallest absolute Gasteiger partial charge is 0.213 e. The highest BCUT2D eigenvalue weighted by molar-refractivity contribution is 9.10. The van der Waals surface area contributed by atoms with E-state index in [4.69, 9.17) is 5.14 Å². The van der Waals surface area contributed by atoms with Crippen molar-refractivity contribution in [1.29, 1.82) is 0 Å². The van der Waals surface area contributed by atoms with Crippen LogP contribution in [0, 0.1) is 0 Å². The second kappa shape index (κ2) is 6.39. The summed E-state index contributed by atoms with van der Waals surface area (Å²) in [6, 6.07) is 15.3. The molecule has 0 unspecified atom stereocenters. The van der Waals surface area contributed by atoms with Crippen molar-refractivity contribution < 1.29 is 8.42 Å². The van der Waals surface area contributed by atoms with Crippen LogP contribution in [0.25, 0.3) is 0 Å². The van der Waals surface area contributed by atoms with Gasteiger partial charge in [-0.15, -0.1) is 0 Å². The number of rotatable bonds is 5. The molecule has 0 bridgehead atoms. The van der Waals surface area contributed by atoms with Crippen LogP contribution >= 0.6 is 15.9 Å². The third-order valence-electron chi connectivity index (χ3n) is 2.73. The van der Waals surface area contributed by atoms with E-state index in [1.54, 1.807) is 12.1 Å². The van der Waals surface area contributed by atoms with Gasteiger partial charge in [-0.1, -0.05) is 40.2 Å². The molecule has 4 nitrogen and oxygen atoms in total. The Morgan fingerprint density at radius 3 is 2.05 bits per heavy atom. The predicted molar refractivity (Wildman–Crippen MR) is 84.7 cm³/mol. The van der Waals surface area contributed by atoms with Crippen molar-refractivity contribution in [1.82, 2.24) is 0 Å². The van der Waals surface area contributed by atoms with Crippen LogP contribution in [0.4, 0.5) is 5.69 Å². The summed E-state index contributed by atoms with van der Waals surface area (Å²) in [5.74, 6) is -0.139. The van der Waals surface area contributed by atoms with Crippen LogP contribution in [0.5, 0.6) is 0 Å². The number of primary sulfonamides is 1. The molecular weight excluding hydrogens is 340 g/mol. The van der Waals surface area contributed by atoms with E-state index in [-0.39, 0.29) is 5.75 Å². The lowest BCUT2D eigenvalue weighted by Crippen LogP contribution is -2.14. The molecule has 0 radical (unpaired) electrons. The molecule has 2 rings (SSSR count). The molecule has 0 aliphatic rings. The monoisotopic (exact) mass is 354 g/mol. The zero-order chi connectivity index (χ0) is 14.6. The Morgan fingerprint density at radius 1 is 0.950 bits per heavy atom. The topological polar surface area (TPSA) is 72.2 Å². The van der Waals surface area contributed by atoms with Crippen LogP contribution in [0.1, 0.15) is 11.1 Å². The molecule has 106 valence electrons. The molecule has 0 amide bonds. The van der Waals surface area contributed by atoms with Gasteiger partial charge in [0, 0.05) is 16.7 Å². The number of nitrogens with one attached hydrogen (secondary N) is 1. The van der Waals surface area contributed by atoms with Gasteiger partial charge in [0.25, 0.3) is 0 Å². The lowest BCUT2D eigenvalue weighted by atomic mass is 10.2. The summed E-state index contributed by atoms with van der Waals surface area (Å²) in [4.78, 5) is 0. The molecule has 0 saturated carbocycles. The number of hydrogen-bond donors (Lipinski definition) is 2. The molecular formula is C14H15BrN2O2S. The maximum absolute atomic E-state index is 11.0. The van der Waals surface area contributed by atoms with Crippen molar-refractivity contribution in [2.75, 3.05) is 5.32 Å². The minimum Gasteiger partial charge on any atom is -0.381 e. The van der Waals surface area contributed by atoms with Gasteiger partial charge in [0.2, 0.25) is 10.0 Å². The lowest BCUT2D eigenvalue weighted by Gasteiger charge is -2.07. The molecule has 20 heavy (non-hydrogen) atoms. The molecule has 0 fully saturated rings. The Morgan fingerprint density at radius 2 is 1.50 bits per heavy atom. The molecule has 2 aromatic carbocycles. The predicted octanol–water partition coefficient (Wildman–Crippen LogP) is 2.85. The van der Waals surface area contributed by atoms with Crippen LogP contribution in [0.15, 0.2) is 53.0 Å². The first kappa shape index (κ1) is 15.0. The van der Waals surface area contributed by atoms with Crippen LogP contribution in [0.2, 0.25) is 0 Å². The average Bonchev–Trinajstić information content (AvgIpc) is 2.38. The highest BCUT2D eigenvalue weighted by atomic mass is 79.9. The van der Waals surface area contributed by atoms with E-state index in [2.05, 4.69) is 21.2 Å². The first-order valence-electron chi connectivity index (χ1n) is 6.00. The van der Waals surface area contributed by atoms with E-state index >= 15 is 0 Å². The van der Waals surface area contributed by atoms with Crippen molar-refractivity contribution in [3.05, 3.63) is 64.1 Å². The molecule has 2 aromatic rings. The average molecular weight is 355 g/mol. The molecule has 0 aromatic heterocycles. The van der Waals surface area contributed by atoms with Crippen molar-refractivity contribution >= 4 is 31.6 Å². The van der Waals surface area contributed by atoms with Gasteiger partial charge in [0.1, 0.15) is 0 Å². The summed E-state index contributed by atoms with van der Waals surface area (Å²) in [6.07, 6.45) is 0. The van der Waals surface area contributed by atoms with Gasteiger partial charge in [-0.25, -0.2) is 13.6 Å². The van der Waals surface area contributed by atoms with Crippen LogP contribution in [0.3, 0.4) is 0 Å². The number of hydrogen-bond acceptors (Lipinski definition) is 3. The number of sulfonamides is 1. The number of nitrogens with two attached hydrogens (primary N) is 1. The van der Waals surface area contributed by atoms with E-state index in [1.165, 1.54) is 5.56 Å². The highest BCUT2D eigenvalue weighted by Gasteiger charge is 2.04. The normalized spacial score (nSPS) is 11.3. The molecule has 0 aliphatic carbocycles. The van der Waals surface area contributed by atoms with Crippen molar-refractivity contribution in [3.8, 4) is 0 Å². The second-order valence-electron chi connectivity index (χ2n) is 4.48. The van der Waals surface area contributed by atoms with Crippen molar-refractivity contribution in [2.24, 2.45) is 5.14 Å². The quantitative estimate of drug-likeness (QED) is 0.866. The summed E-state index contributed by atoms with van der Waals surface area (Å²) >= 11 is 3.39. The third-order valence-corrected chi connectivity index (χ3v) is 4.00. The van der Waals surface area contributed by atoms with E-state index in [9.17, 15) is 8.42 Å². The molecule has 3 N–H and O–H groups in total. The molecule has 0 atom stereocenters. The molecule has 0 heterocycles. The largest absolute Gasteiger partial charge is 0.381 e. The third kappa shape index (κ3) is 4.96. The van der Waals surface area contributed by atoms with Gasteiger partial charge in [0.15, 0.2) is 0 Å². The Bertz CT molecular complexity index is 667. The second-order valence-corrected chi connectivity index (χ2v) is 7.01. The standard InChI is InChI=1S/C14H15BrN2O2S/c15-13-5-1-11(2-6-13)9-17-14-7-3-12(4-8-14)10-20(16,18)19/h1-8,17H,9-10H2,(H2,16,18,19). The fourth-order valence-electron chi connectivity index (χ4n) is 1.76. The molecule has 0 spiro atoms. The van der Waals surface area contributed by atoms with Crippen LogP contribution in [-0.2, 0) is 22.3 Å². The summed E-state index contributed by atoms with van der Waals surface area (Å²) in [5, 5.41) is 8.28. The van der Waals surface area contributed by atoms with E-state index in [0.29, 0.717) is 12.1 Å². The highest BCUT2D eigenvalue weighted by Crippen LogP contribution is 2.14. The fourth-order valence-corrected chi connectivity index (χ4v) is 2.68. The molecule has 0 aliphatic heterocycles. The van der Waals surface area contributed by atoms with Gasteiger partial charge < -0.3 is 5.32 Å². The van der Waals surface area contributed by atoms with Gasteiger partial charge in [0.05, 0.1) is 5.75 Å². The Labute approximate surface area is 127 Å². The Kier molecular flexibility index (Phi) is 4.80. The van der Waals surface area contributed by atoms with Crippen molar-refractivity contribution in [2.45, 2.75) is 12.3 Å². The SMILES string of the molecule is NS(=O)(=O)Cc1ccc(NCc2ccc(Br)cc2)cc1. The van der Waals surface area contributed by atoms with Crippen LogP contribution in [-0.4, -0.2) is 8.42 Å². The number of anilines is 1. The number of benzene rings is 2. The zero-order valence-corrected chi connectivity index (χ0v) is 13.1. The van der Waals surface area contributed by atoms with E-state index < -0.39 is 10.0 Å². The molecule has 0 saturated heterocycles. The minimum atomic E-state index is -3.47. The fraction of sp³-hybridized carbons (Fsp3) is 0.143. The maximum atomic E-state index is 11.0. The summed E-state index contributed by atoms with van der Waals surface area (Å²) < 4.78 is 23.0. The van der Waals surface area contributed by atoms with Crippen LogP contribution < -0.4 is 10.5 Å². The number of halogens is 1. The lowest BCUT2D eigenvalue weighted by molar-refractivity contribution is 0.597. The van der Waals surface area contributed by atoms with Gasteiger partial charge in [-0.05, 0) is 35.4 Å². The minimum absolute atomic E-state index is 0.139. The maximum Gasteiger partial charge on any atom is 0.213 e. The van der Waals surface area contributed by atoms with Gasteiger partial charge >= 0.3 is 0 Å². The van der Waals surface area contributed by atoms with E-state index in [1.807, 2.05) is 36.4 Å². The summed E-state index contributed by atoms with van der Waals surface area (Å²) in [6.45, 7) is 0.710. The first-order chi connectivity index (χ1) is 9.42. The summed E-state index contributed by atoms with van der Waals surface area (Å²) in [5.41, 5.74) is 2.79. The first-order valence-corrected chi connectivity index (χ1v) is 8.51. The Hall–Kier alpha value is -1.37. The van der Waals surface area contributed by atoms with Crippen molar-refractivity contribution in [3.63, 3.8) is 0 Å². The summed E-state index contributed by atoms with van der Waals surface area (Å²) in [7, 11) is -3.47. The van der Waals surface area contributed by atoms with E-state index in [0.717, 1.165) is 10.2 Å². The Balaban J connectivity index is 1.95. The zero-order valence-electron chi connectivity index (χ0n) is 10.7. The molecule has 6 heteroatoms. The van der Waals surface area contributed by atoms with Gasteiger partial charge in [-0.2, -0.15) is 0 Å².